The number of aromatic nitrogens is 2. The minimum absolute atomic E-state index is 0.0508. The maximum Gasteiger partial charge on any atom is 0.419 e. The summed E-state index contributed by atoms with van der Waals surface area (Å²) < 4.78 is 10.2. The molecule has 0 saturated heterocycles. The largest absolute Gasteiger partial charge is 0.507 e. The number of phenolic OH excluding ortho intramolecular Hbond substituents is 1. The quantitative estimate of drug-likeness (QED) is 0.305. The van der Waals surface area contributed by atoms with Crippen LogP contribution in [0.15, 0.2) is 24.4 Å². The normalized spacial score (nSPS) is 11.9. The topological polar surface area (TPSA) is 166 Å². The van der Waals surface area contributed by atoms with Crippen LogP contribution in [0.4, 0.5) is 10.6 Å². The van der Waals surface area contributed by atoms with Crippen LogP contribution in [0.5, 0.6) is 17.2 Å². The van der Waals surface area contributed by atoms with E-state index in [2.05, 4.69) is 20.9 Å². The number of carbonyl (C=O) groups is 3. The number of hydrazine groups is 1. The second-order valence-electron chi connectivity index (χ2n) is 7.06. The molecule has 1 fully saturated rings. The van der Waals surface area contributed by atoms with Crippen LogP contribution in [0.3, 0.4) is 0 Å². The smallest absolute Gasteiger partial charge is 0.419 e. The predicted octanol–water partition coefficient (Wildman–Crippen LogP) is 2.63. The SMILES string of the molecule is C1CCCC1.CN(C)NC(=O)O.COc1cc(O)c(C=O)c(OCC(=O)Nc2ccn[nH]2)c1. The predicted molar refractivity (Wildman–Crippen MR) is 121 cm³/mol. The Morgan fingerprint density at radius 2 is 1.85 bits per heavy atom. The number of aromatic amines is 1. The number of ether oxygens (including phenoxy) is 2. The van der Waals surface area contributed by atoms with Crippen molar-refractivity contribution in [2.45, 2.75) is 32.1 Å². The molecule has 2 aromatic rings. The third kappa shape index (κ3) is 11.4. The molecule has 2 amide bonds. The number of nitrogens with one attached hydrogen (secondary N) is 3. The van der Waals surface area contributed by atoms with Gasteiger partial charge in [-0.3, -0.25) is 20.1 Å². The van der Waals surface area contributed by atoms with Crippen molar-refractivity contribution in [1.82, 2.24) is 20.6 Å². The van der Waals surface area contributed by atoms with Gasteiger partial charge in [-0.1, -0.05) is 32.1 Å². The second-order valence-corrected chi connectivity index (χ2v) is 7.06. The van der Waals surface area contributed by atoms with Crippen molar-refractivity contribution >= 4 is 24.1 Å². The van der Waals surface area contributed by atoms with Gasteiger partial charge in [0.1, 0.15) is 23.1 Å². The highest BCUT2D eigenvalue weighted by atomic mass is 16.5. The summed E-state index contributed by atoms with van der Waals surface area (Å²) in [7, 11) is 4.62. The second kappa shape index (κ2) is 15.1. The number of amides is 2. The molecule has 0 aliphatic heterocycles. The van der Waals surface area contributed by atoms with Crippen LogP contribution in [0.1, 0.15) is 42.5 Å². The Balaban J connectivity index is 0.000000370. The molecule has 0 bridgehead atoms. The minimum Gasteiger partial charge on any atom is -0.507 e. The number of aldehydes is 1. The Bertz CT molecular complexity index is 861. The number of phenols is 1. The molecule has 12 nitrogen and oxygen atoms in total. The van der Waals surface area contributed by atoms with Crippen LogP contribution in [0.2, 0.25) is 0 Å². The van der Waals surface area contributed by atoms with E-state index in [9.17, 15) is 19.5 Å². The summed E-state index contributed by atoms with van der Waals surface area (Å²) in [5, 5.41) is 27.7. The lowest BCUT2D eigenvalue weighted by Crippen LogP contribution is -2.34. The highest BCUT2D eigenvalue weighted by molar-refractivity contribution is 5.91. The first kappa shape index (κ1) is 27.2. The number of carbonyl (C=O) groups excluding carboxylic acids is 2. The van der Waals surface area contributed by atoms with E-state index in [1.165, 1.54) is 62.6 Å². The van der Waals surface area contributed by atoms with Crippen LogP contribution < -0.4 is 20.2 Å². The molecular formula is C21H31N5O7. The third-order valence-electron chi connectivity index (χ3n) is 4.15. The van der Waals surface area contributed by atoms with E-state index in [-0.39, 0.29) is 23.7 Å². The molecule has 0 radical (unpaired) electrons. The standard InChI is InChI=1S/C13H13N3O5.C5H10.C3H8N2O2/c1-20-8-4-10(18)9(6-17)11(5-8)21-7-13(19)15-12-2-3-14-16-12;1-2-4-5-3-1;1-5(2)4-3(6)7/h2-6,18H,7H2,1H3,(H2,14,15,16,19);1-5H2;4H,1-2H3,(H,6,7). The summed E-state index contributed by atoms with van der Waals surface area (Å²) in [6.07, 6.45) is 8.39. The van der Waals surface area contributed by atoms with Gasteiger partial charge in [0, 0.05) is 32.3 Å². The molecule has 0 atom stereocenters. The molecule has 182 valence electrons. The molecule has 1 aliphatic rings. The molecule has 33 heavy (non-hydrogen) atoms. The van der Waals surface area contributed by atoms with Crippen LogP contribution in [-0.2, 0) is 4.79 Å². The van der Waals surface area contributed by atoms with Gasteiger partial charge in [-0.05, 0) is 0 Å². The maximum absolute atomic E-state index is 11.7. The van der Waals surface area contributed by atoms with E-state index in [0.29, 0.717) is 17.9 Å². The third-order valence-corrected chi connectivity index (χ3v) is 4.15. The number of H-pyrrole nitrogens is 1. The summed E-state index contributed by atoms with van der Waals surface area (Å²) in [4.78, 5) is 32.3. The van der Waals surface area contributed by atoms with Crippen molar-refractivity contribution in [3.63, 3.8) is 0 Å². The Hall–Kier alpha value is -3.80. The number of aromatic hydroxyl groups is 1. The van der Waals surface area contributed by atoms with Crippen molar-refractivity contribution in [2.24, 2.45) is 0 Å². The summed E-state index contributed by atoms with van der Waals surface area (Å²) in [6.45, 7) is -0.341. The molecule has 1 aliphatic carbocycles. The maximum atomic E-state index is 11.7. The number of nitrogens with zero attached hydrogens (tertiary/aromatic N) is 2. The number of hydrogen-bond acceptors (Lipinski definition) is 8. The van der Waals surface area contributed by atoms with E-state index in [0.717, 1.165) is 0 Å². The molecule has 0 unspecified atom stereocenters. The number of benzene rings is 1. The van der Waals surface area contributed by atoms with Crippen molar-refractivity contribution < 1.29 is 34.1 Å². The fourth-order valence-electron chi connectivity index (χ4n) is 2.67. The van der Waals surface area contributed by atoms with Crippen LogP contribution in [0.25, 0.3) is 0 Å². The lowest BCUT2D eigenvalue weighted by molar-refractivity contribution is -0.118. The highest BCUT2D eigenvalue weighted by Gasteiger charge is 2.13. The first-order valence-corrected chi connectivity index (χ1v) is 10.2. The molecule has 1 aromatic carbocycles. The Labute approximate surface area is 191 Å². The zero-order valence-electron chi connectivity index (χ0n) is 19.0. The summed E-state index contributed by atoms with van der Waals surface area (Å²) in [5.74, 6) is 0.0584. The van der Waals surface area contributed by atoms with E-state index in [1.54, 1.807) is 20.2 Å². The van der Waals surface area contributed by atoms with Gasteiger partial charge in [0.2, 0.25) is 0 Å². The Morgan fingerprint density at radius 3 is 2.27 bits per heavy atom. The molecule has 5 N–H and O–H groups in total. The van der Waals surface area contributed by atoms with E-state index in [1.807, 2.05) is 0 Å². The van der Waals surface area contributed by atoms with Crippen LogP contribution in [0, 0.1) is 0 Å². The van der Waals surface area contributed by atoms with Gasteiger partial charge >= 0.3 is 6.09 Å². The van der Waals surface area contributed by atoms with Crippen molar-refractivity contribution in [3.05, 3.63) is 30.0 Å². The number of rotatable bonds is 7. The van der Waals surface area contributed by atoms with Gasteiger partial charge in [0.15, 0.2) is 12.9 Å². The monoisotopic (exact) mass is 465 g/mol. The number of carboxylic acid groups (broad SMARTS) is 1. The van der Waals surface area contributed by atoms with Crippen molar-refractivity contribution in [2.75, 3.05) is 33.1 Å². The highest BCUT2D eigenvalue weighted by Crippen LogP contribution is 2.31. The van der Waals surface area contributed by atoms with Crippen LogP contribution >= 0.6 is 0 Å². The fraction of sp³-hybridized carbons (Fsp3) is 0.429. The molecule has 0 spiro atoms. The number of methoxy groups -OCH3 is 1. The zero-order chi connectivity index (χ0) is 24.6. The van der Waals surface area contributed by atoms with E-state index >= 15 is 0 Å². The van der Waals surface area contributed by atoms with Gasteiger partial charge < -0.3 is 25.0 Å². The average molecular weight is 466 g/mol. The van der Waals surface area contributed by atoms with Gasteiger partial charge in [0.25, 0.3) is 5.91 Å². The molecule has 12 heteroatoms. The molecule has 1 aromatic heterocycles. The summed E-state index contributed by atoms with van der Waals surface area (Å²) in [6, 6.07) is 4.26. The molecule has 1 saturated carbocycles. The lowest BCUT2D eigenvalue weighted by atomic mass is 10.2. The summed E-state index contributed by atoms with van der Waals surface area (Å²) >= 11 is 0. The van der Waals surface area contributed by atoms with Crippen molar-refractivity contribution in [1.29, 1.82) is 0 Å². The van der Waals surface area contributed by atoms with Crippen molar-refractivity contribution in [3.8, 4) is 17.2 Å². The Kier molecular flexibility index (Phi) is 12.4. The molecule has 3 rings (SSSR count). The summed E-state index contributed by atoms with van der Waals surface area (Å²) in [5.41, 5.74) is 2.00. The fourth-order valence-corrected chi connectivity index (χ4v) is 2.67. The van der Waals surface area contributed by atoms with Gasteiger partial charge in [-0.2, -0.15) is 5.10 Å². The zero-order valence-corrected chi connectivity index (χ0v) is 19.0. The van der Waals surface area contributed by atoms with Gasteiger partial charge in [-0.15, -0.1) is 0 Å². The average Bonchev–Trinajstić information content (AvgIpc) is 3.48. The minimum atomic E-state index is -1.04. The Morgan fingerprint density at radius 1 is 1.21 bits per heavy atom. The first-order valence-electron chi connectivity index (χ1n) is 10.2. The van der Waals surface area contributed by atoms with Crippen LogP contribution in [-0.4, -0.2) is 71.5 Å². The lowest BCUT2D eigenvalue weighted by Gasteiger charge is -2.11. The number of hydrogen-bond donors (Lipinski definition) is 5. The number of anilines is 1. The first-order chi connectivity index (χ1) is 15.8. The van der Waals surface area contributed by atoms with Gasteiger partial charge in [0.05, 0.1) is 18.9 Å². The van der Waals surface area contributed by atoms with E-state index in [4.69, 9.17) is 14.6 Å². The van der Waals surface area contributed by atoms with E-state index < -0.39 is 12.0 Å². The van der Waals surface area contributed by atoms with Gasteiger partial charge in [-0.25, -0.2) is 9.80 Å². The molecule has 1 heterocycles. The molecular weight excluding hydrogens is 434 g/mol.